The Bertz CT molecular complexity index is 513. The van der Waals surface area contributed by atoms with Gasteiger partial charge >= 0.3 is 0 Å². The van der Waals surface area contributed by atoms with Gasteiger partial charge in [0.25, 0.3) is 0 Å². The summed E-state index contributed by atoms with van der Waals surface area (Å²) in [7, 11) is 0. The fourth-order valence-electron chi connectivity index (χ4n) is 2.76. The molecular weight excluding hydrogens is 319 g/mol. The summed E-state index contributed by atoms with van der Waals surface area (Å²) in [6, 6.07) is 5.53. The minimum Gasteiger partial charge on any atom is -0.352 e. The molecular formula is C17H24Cl2N2O. The van der Waals surface area contributed by atoms with Crippen molar-refractivity contribution in [1.82, 2.24) is 10.2 Å². The molecule has 0 aromatic heterocycles. The lowest BCUT2D eigenvalue weighted by Crippen LogP contribution is -2.46. The topological polar surface area (TPSA) is 32.3 Å². The van der Waals surface area contributed by atoms with Gasteiger partial charge < -0.3 is 10.2 Å². The Balaban J connectivity index is 1.90. The molecule has 1 fully saturated rings. The smallest absolute Gasteiger partial charge is 0.224 e. The molecule has 5 heteroatoms. The van der Waals surface area contributed by atoms with E-state index in [-0.39, 0.29) is 11.9 Å². The van der Waals surface area contributed by atoms with Crippen molar-refractivity contribution in [3.05, 3.63) is 33.8 Å². The Morgan fingerprint density at radius 2 is 1.91 bits per heavy atom. The van der Waals surface area contributed by atoms with E-state index < -0.39 is 0 Å². The lowest BCUT2D eigenvalue weighted by atomic mass is 10.0. The molecule has 1 aliphatic heterocycles. The van der Waals surface area contributed by atoms with E-state index in [0.29, 0.717) is 22.4 Å². The number of nitrogens with one attached hydrogen (secondary N) is 1. The second kappa shape index (κ2) is 8.19. The largest absolute Gasteiger partial charge is 0.352 e. The van der Waals surface area contributed by atoms with Gasteiger partial charge in [0.15, 0.2) is 0 Å². The van der Waals surface area contributed by atoms with Crippen molar-refractivity contribution in [2.24, 2.45) is 5.92 Å². The van der Waals surface area contributed by atoms with Crippen molar-refractivity contribution in [3.8, 4) is 0 Å². The van der Waals surface area contributed by atoms with Crippen molar-refractivity contribution in [1.29, 1.82) is 0 Å². The highest BCUT2D eigenvalue weighted by Gasteiger charge is 2.21. The number of carbonyl (C=O) groups is 1. The highest BCUT2D eigenvalue weighted by Crippen LogP contribution is 2.22. The van der Waals surface area contributed by atoms with Crippen molar-refractivity contribution in [3.63, 3.8) is 0 Å². The van der Waals surface area contributed by atoms with Crippen LogP contribution in [0.4, 0.5) is 0 Å². The molecule has 0 radical (unpaired) electrons. The van der Waals surface area contributed by atoms with Crippen LogP contribution >= 0.6 is 23.2 Å². The Morgan fingerprint density at radius 3 is 2.50 bits per heavy atom. The van der Waals surface area contributed by atoms with E-state index in [0.717, 1.165) is 25.2 Å². The minimum atomic E-state index is 0.0382. The molecule has 1 aromatic rings. The molecule has 0 spiro atoms. The van der Waals surface area contributed by atoms with Crippen LogP contribution in [0.2, 0.25) is 10.0 Å². The summed E-state index contributed by atoms with van der Waals surface area (Å²) in [6.07, 6.45) is 2.87. The Morgan fingerprint density at radius 1 is 1.23 bits per heavy atom. The molecule has 3 nitrogen and oxygen atoms in total. The Kier molecular flexibility index (Phi) is 6.54. The average molecular weight is 343 g/mol. The van der Waals surface area contributed by atoms with Crippen LogP contribution in [-0.2, 0) is 11.2 Å². The summed E-state index contributed by atoms with van der Waals surface area (Å²) in [6.45, 7) is 7.53. The van der Waals surface area contributed by atoms with E-state index in [4.69, 9.17) is 23.2 Å². The molecule has 1 atom stereocenters. The van der Waals surface area contributed by atoms with E-state index in [1.54, 1.807) is 12.1 Å². The van der Waals surface area contributed by atoms with Crippen LogP contribution in [0.15, 0.2) is 18.2 Å². The van der Waals surface area contributed by atoms with Crippen LogP contribution in [0.5, 0.6) is 0 Å². The first-order valence-electron chi connectivity index (χ1n) is 7.91. The second-order valence-electron chi connectivity index (χ2n) is 6.35. The third-order valence-electron chi connectivity index (χ3n) is 4.15. The Hall–Kier alpha value is -0.770. The van der Waals surface area contributed by atoms with E-state index in [2.05, 4.69) is 24.1 Å². The lowest BCUT2D eigenvalue weighted by molar-refractivity contribution is -0.121. The van der Waals surface area contributed by atoms with Gasteiger partial charge in [-0.1, -0.05) is 43.1 Å². The van der Waals surface area contributed by atoms with E-state index in [1.807, 2.05) is 6.07 Å². The molecule has 0 aliphatic carbocycles. The molecule has 1 saturated heterocycles. The molecule has 122 valence electrons. The molecule has 2 rings (SSSR count). The summed E-state index contributed by atoms with van der Waals surface area (Å²) in [5, 5.41) is 4.17. The van der Waals surface area contributed by atoms with Crippen LogP contribution in [-0.4, -0.2) is 36.5 Å². The molecule has 0 saturated carbocycles. The summed E-state index contributed by atoms with van der Waals surface area (Å²) in [4.78, 5) is 14.7. The van der Waals surface area contributed by atoms with Crippen molar-refractivity contribution < 1.29 is 4.79 Å². The van der Waals surface area contributed by atoms with Gasteiger partial charge in [0, 0.05) is 12.6 Å². The third-order valence-corrected chi connectivity index (χ3v) is 4.89. The SMILES string of the molecule is CC(C)[C@@H](CN1CCCC1)NC(=O)Cc1ccc(Cl)c(Cl)c1. The lowest BCUT2D eigenvalue weighted by Gasteiger charge is -2.27. The van der Waals surface area contributed by atoms with Crippen molar-refractivity contribution in [2.75, 3.05) is 19.6 Å². The van der Waals surface area contributed by atoms with Gasteiger partial charge in [-0.2, -0.15) is 0 Å². The maximum absolute atomic E-state index is 12.3. The number of halogens is 2. The molecule has 0 bridgehead atoms. The molecule has 0 unspecified atom stereocenters. The molecule has 1 N–H and O–H groups in total. The van der Waals surface area contributed by atoms with E-state index in [9.17, 15) is 4.79 Å². The number of benzene rings is 1. The Labute approximate surface area is 143 Å². The van der Waals surface area contributed by atoms with Gasteiger partial charge in [-0.25, -0.2) is 0 Å². The summed E-state index contributed by atoms with van der Waals surface area (Å²) in [5.41, 5.74) is 0.885. The first kappa shape index (κ1) is 17.6. The standard InChI is InChI=1S/C17H24Cl2N2O/c1-12(2)16(11-21-7-3-4-8-21)20-17(22)10-13-5-6-14(18)15(19)9-13/h5-6,9,12,16H,3-4,7-8,10-11H2,1-2H3,(H,20,22)/t16-/m1/s1. The highest BCUT2D eigenvalue weighted by molar-refractivity contribution is 6.42. The first-order valence-corrected chi connectivity index (χ1v) is 8.67. The van der Waals surface area contributed by atoms with E-state index >= 15 is 0 Å². The maximum Gasteiger partial charge on any atom is 0.224 e. The van der Waals surface area contributed by atoms with Crippen LogP contribution in [0.3, 0.4) is 0 Å². The quantitative estimate of drug-likeness (QED) is 0.853. The van der Waals surface area contributed by atoms with Gasteiger partial charge in [-0.15, -0.1) is 0 Å². The second-order valence-corrected chi connectivity index (χ2v) is 7.17. The number of carbonyl (C=O) groups excluding carboxylic acids is 1. The van der Waals surface area contributed by atoms with Crippen LogP contribution in [0.1, 0.15) is 32.3 Å². The zero-order chi connectivity index (χ0) is 16.1. The van der Waals surface area contributed by atoms with Gasteiger partial charge in [0.1, 0.15) is 0 Å². The highest BCUT2D eigenvalue weighted by atomic mass is 35.5. The normalized spacial score (nSPS) is 17.0. The summed E-state index contributed by atoms with van der Waals surface area (Å²) < 4.78 is 0. The van der Waals surface area contributed by atoms with Crippen LogP contribution in [0.25, 0.3) is 0 Å². The van der Waals surface area contributed by atoms with Gasteiger partial charge in [-0.05, 0) is 49.5 Å². The first-order chi connectivity index (χ1) is 10.5. The molecule has 1 heterocycles. The van der Waals surface area contributed by atoms with Crippen molar-refractivity contribution in [2.45, 2.75) is 39.2 Å². The number of likely N-dealkylation sites (tertiary alicyclic amines) is 1. The van der Waals surface area contributed by atoms with Gasteiger partial charge in [0.2, 0.25) is 5.91 Å². The molecule has 1 aromatic carbocycles. The molecule has 1 amide bonds. The predicted molar refractivity (Wildman–Crippen MR) is 92.6 cm³/mol. The van der Waals surface area contributed by atoms with E-state index in [1.165, 1.54) is 12.8 Å². The van der Waals surface area contributed by atoms with Gasteiger partial charge in [-0.3, -0.25) is 4.79 Å². The minimum absolute atomic E-state index is 0.0382. The van der Waals surface area contributed by atoms with Crippen LogP contribution < -0.4 is 5.32 Å². The number of rotatable bonds is 6. The number of nitrogens with zero attached hydrogens (tertiary/aromatic N) is 1. The zero-order valence-corrected chi connectivity index (χ0v) is 14.8. The van der Waals surface area contributed by atoms with Crippen molar-refractivity contribution >= 4 is 29.1 Å². The summed E-state index contributed by atoms with van der Waals surface area (Å²) in [5.74, 6) is 0.453. The average Bonchev–Trinajstić information content (AvgIpc) is 2.95. The maximum atomic E-state index is 12.3. The third kappa shape index (κ3) is 5.15. The fraction of sp³-hybridized carbons (Fsp3) is 0.588. The monoisotopic (exact) mass is 342 g/mol. The number of hydrogen-bond donors (Lipinski definition) is 1. The predicted octanol–water partition coefficient (Wildman–Crippen LogP) is 3.77. The fourth-order valence-corrected chi connectivity index (χ4v) is 3.08. The number of hydrogen-bond acceptors (Lipinski definition) is 2. The number of amides is 1. The summed E-state index contributed by atoms with van der Waals surface area (Å²) >= 11 is 11.9. The molecule has 22 heavy (non-hydrogen) atoms. The van der Waals surface area contributed by atoms with Crippen LogP contribution in [0, 0.1) is 5.92 Å². The molecule has 1 aliphatic rings. The van der Waals surface area contributed by atoms with Gasteiger partial charge in [0.05, 0.1) is 16.5 Å². The zero-order valence-electron chi connectivity index (χ0n) is 13.2.